The Morgan fingerprint density at radius 2 is 1.92 bits per heavy atom. The van der Waals surface area contributed by atoms with Gasteiger partial charge in [0.15, 0.2) is 5.11 Å². The van der Waals surface area contributed by atoms with Crippen LogP contribution in [0.4, 0.5) is 0 Å². The van der Waals surface area contributed by atoms with E-state index >= 15 is 0 Å². The van der Waals surface area contributed by atoms with Gasteiger partial charge in [-0.1, -0.05) is 18.2 Å². The molecule has 6 nitrogen and oxygen atoms in total. The number of thiocarbonyl (C=S) groups is 1. The summed E-state index contributed by atoms with van der Waals surface area (Å²) in [5.74, 6) is 0. The van der Waals surface area contributed by atoms with Gasteiger partial charge in [0.05, 0.1) is 11.0 Å². The van der Waals surface area contributed by atoms with E-state index in [1.165, 1.54) is 4.31 Å². The molecule has 2 aliphatic rings. The fourth-order valence-electron chi connectivity index (χ4n) is 2.99. The topological polar surface area (TPSA) is 61.9 Å². The smallest absolute Gasteiger partial charge is 0.243 e. The van der Waals surface area contributed by atoms with Gasteiger partial charge in [0.2, 0.25) is 10.0 Å². The molecule has 8 heteroatoms. The van der Waals surface area contributed by atoms with E-state index in [0.717, 1.165) is 26.0 Å². The van der Waals surface area contributed by atoms with Crippen LogP contribution in [-0.2, 0) is 14.8 Å². The van der Waals surface area contributed by atoms with Crippen molar-refractivity contribution in [2.75, 3.05) is 39.3 Å². The van der Waals surface area contributed by atoms with Crippen LogP contribution in [0.1, 0.15) is 12.8 Å². The number of nitrogens with one attached hydrogen (secondary N) is 1. The van der Waals surface area contributed by atoms with Crippen LogP contribution in [0, 0.1) is 0 Å². The highest BCUT2D eigenvalue weighted by Crippen LogP contribution is 2.17. The minimum absolute atomic E-state index is 0.239. The molecule has 0 bridgehead atoms. The molecule has 1 atom stereocenters. The number of hydrogen-bond acceptors (Lipinski definition) is 4. The van der Waals surface area contributed by atoms with E-state index in [2.05, 4.69) is 5.32 Å². The third-order valence-electron chi connectivity index (χ3n) is 4.41. The first-order valence-corrected chi connectivity index (χ1v) is 10.1. The quantitative estimate of drug-likeness (QED) is 0.801. The summed E-state index contributed by atoms with van der Waals surface area (Å²) in [6, 6.07) is 8.57. The molecule has 0 aromatic heterocycles. The Kier molecular flexibility index (Phi) is 5.70. The van der Waals surface area contributed by atoms with Crippen molar-refractivity contribution in [2.45, 2.75) is 23.8 Å². The molecule has 24 heavy (non-hydrogen) atoms. The van der Waals surface area contributed by atoms with Gasteiger partial charge >= 0.3 is 0 Å². The van der Waals surface area contributed by atoms with E-state index < -0.39 is 10.0 Å². The average Bonchev–Trinajstić information content (AvgIpc) is 3.14. The van der Waals surface area contributed by atoms with Crippen LogP contribution in [0.5, 0.6) is 0 Å². The molecule has 0 unspecified atom stereocenters. The number of nitrogens with zero attached hydrogens (tertiary/aromatic N) is 2. The first kappa shape index (κ1) is 17.6. The molecule has 2 heterocycles. The molecule has 0 amide bonds. The maximum absolute atomic E-state index is 12.6. The Balaban J connectivity index is 1.51. The highest BCUT2D eigenvalue weighted by molar-refractivity contribution is 7.89. The second-order valence-corrected chi connectivity index (χ2v) is 8.35. The SMILES string of the molecule is O=S(=O)(c1ccccc1)N1CCN(C(=S)NC[C@@H]2CCCO2)CC1. The van der Waals surface area contributed by atoms with Crippen molar-refractivity contribution in [3.63, 3.8) is 0 Å². The Labute approximate surface area is 148 Å². The lowest BCUT2D eigenvalue weighted by atomic mass is 10.2. The van der Waals surface area contributed by atoms with Gasteiger partial charge in [-0.25, -0.2) is 8.42 Å². The van der Waals surface area contributed by atoms with Crippen molar-refractivity contribution in [3.8, 4) is 0 Å². The molecule has 1 aromatic carbocycles. The van der Waals surface area contributed by atoms with Crippen LogP contribution < -0.4 is 5.32 Å². The molecule has 132 valence electrons. The van der Waals surface area contributed by atoms with Crippen LogP contribution in [0.3, 0.4) is 0 Å². The van der Waals surface area contributed by atoms with Crippen LogP contribution >= 0.6 is 12.2 Å². The van der Waals surface area contributed by atoms with Crippen molar-refractivity contribution < 1.29 is 13.2 Å². The molecule has 2 fully saturated rings. The van der Waals surface area contributed by atoms with Gasteiger partial charge in [-0.2, -0.15) is 4.31 Å². The van der Waals surface area contributed by atoms with E-state index in [9.17, 15) is 8.42 Å². The highest BCUT2D eigenvalue weighted by atomic mass is 32.2. The predicted molar refractivity (Wildman–Crippen MR) is 96.3 cm³/mol. The van der Waals surface area contributed by atoms with Gasteiger partial charge in [0.25, 0.3) is 0 Å². The minimum atomic E-state index is -3.41. The van der Waals surface area contributed by atoms with E-state index in [1.807, 2.05) is 11.0 Å². The minimum Gasteiger partial charge on any atom is -0.376 e. The maximum atomic E-state index is 12.6. The zero-order valence-electron chi connectivity index (χ0n) is 13.6. The normalized spacial score (nSPS) is 22.5. The van der Waals surface area contributed by atoms with Gasteiger partial charge in [-0.15, -0.1) is 0 Å². The summed E-state index contributed by atoms with van der Waals surface area (Å²) in [4.78, 5) is 2.37. The molecular weight excluding hydrogens is 346 g/mol. The molecule has 1 N–H and O–H groups in total. The number of piperazine rings is 1. The molecule has 0 aliphatic carbocycles. The van der Waals surface area contributed by atoms with Gasteiger partial charge in [0.1, 0.15) is 0 Å². The third-order valence-corrected chi connectivity index (χ3v) is 6.73. The van der Waals surface area contributed by atoms with Crippen molar-refractivity contribution in [3.05, 3.63) is 30.3 Å². The monoisotopic (exact) mass is 369 g/mol. The van der Waals surface area contributed by atoms with Crippen molar-refractivity contribution in [1.29, 1.82) is 0 Å². The largest absolute Gasteiger partial charge is 0.376 e. The fourth-order valence-corrected chi connectivity index (χ4v) is 4.70. The predicted octanol–water partition coefficient (Wildman–Crippen LogP) is 1.05. The fraction of sp³-hybridized carbons (Fsp3) is 0.562. The van der Waals surface area contributed by atoms with Gasteiger partial charge in [-0.05, 0) is 37.2 Å². The second kappa shape index (κ2) is 7.77. The molecule has 0 spiro atoms. The van der Waals surface area contributed by atoms with Gasteiger partial charge in [-0.3, -0.25) is 0 Å². The number of ether oxygens (including phenoxy) is 1. The number of rotatable bonds is 4. The lowest BCUT2D eigenvalue weighted by Crippen LogP contribution is -2.53. The lowest BCUT2D eigenvalue weighted by molar-refractivity contribution is 0.113. The Bertz CT molecular complexity index is 652. The van der Waals surface area contributed by atoms with E-state index in [0.29, 0.717) is 36.2 Å². The molecule has 1 aromatic rings. The van der Waals surface area contributed by atoms with Crippen LogP contribution in [0.2, 0.25) is 0 Å². The molecule has 0 saturated carbocycles. The van der Waals surface area contributed by atoms with Gasteiger partial charge in [0, 0.05) is 39.3 Å². The third kappa shape index (κ3) is 4.05. The van der Waals surface area contributed by atoms with Crippen molar-refractivity contribution in [2.24, 2.45) is 0 Å². The first-order valence-electron chi connectivity index (χ1n) is 8.27. The Hall–Kier alpha value is -1.22. The second-order valence-electron chi connectivity index (χ2n) is 6.03. The van der Waals surface area contributed by atoms with Crippen molar-refractivity contribution >= 4 is 27.4 Å². The molecule has 0 radical (unpaired) electrons. The number of sulfonamides is 1. The van der Waals surface area contributed by atoms with E-state index in [-0.39, 0.29) is 6.10 Å². The van der Waals surface area contributed by atoms with Crippen LogP contribution in [0.25, 0.3) is 0 Å². The summed E-state index contributed by atoms with van der Waals surface area (Å²) in [5, 5.41) is 3.93. The average molecular weight is 370 g/mol. The zero-order chi connectivity index (χ0) is 17.0. The summed E-state index contributed by atoms with van der Waals surface area (Å²) >= 11 is 5.43. The summed E-state index contributed by atoms with van der Waals surface area (Å²) in [5.41, 5.74) is 0. The molecule has 3 rings (SSSR count). The van der Waals surface area contributed by atoms with Gasteiger partial charge < -0.3 is 15.0 Å². The Morgan fingerprint density at radius 1 is 1.21 bits per heavy atom. The maximum Gasteiger partial charge on any atom is 0.243 e. The molecule has 2 aliphatic heterocycles. The Morgan fingerprint density at radius 3 is 2.54 bits per heavy atom. The van der Waals surface area contributed by atoms with E-state index in [4.69, 9.17) is 17.0 Å². The lowest BCUT2D eigenvalue weighted by Gasteiger charge is -2.35. The van der Waals surface area contributed by atoms with E-state index in [1.54, 1.807) is 24.3 Å². The standard InChI is InChI=1S/C16H23N3O3S2/c20-24(21,15-6-2-1-3-7-15)19-10-8-18(9-11-19)16(23)17-13-14-5-4-12-22-14/h1-3,6-7,14H,4-5,8-13H2,(H,17,23)/t14-/m0/s1. The first-order chi connectivity index (χ1) is 11.6. The van der Waals surface area contributed by atoms with Crippen LogP contribution in [-0.4, -0.2) is 68.2 Å². The molecular formula is C16H23N3O3S2. The number of hydrogen-bond donors (Lipinski definition) is 1. The van der Waals surface area contributed by atoms with Crippen LogP contribution in [0.15, 0.2) is 35.2 Å². The zero-order valence-corrected chi connectivity index (χ0v) is 15.2. The number of benzene rings is 1. The highest BCUT2D eigenvalue weighted by Gasteiger charge is 2.29. The summed E-state index contributed by atoms with van der Waals surface area (Å²) in [7, 11) is -3.41. The summed E-state index contributed by atoms with van der Waals surface area (Å²) in [6.45, 7) is 3.64. The van der Waals surface area contributed by atoms with Crippen molar-refractivity contribution in [1.82, 2.24) is 14.5 Å². The molecule has 2 saturated heterocycles. The summed E-state index contributed by atoms with van der Waals surface area (Å²) < 4.78 is 32.3. The summed E-state index contributed by atoms with van der Waals surface area (Å²) in [6.07, 6.45) is 2.41.